The molecule has 0 unspecified atom stereocenters. The second-order valence-electron chi connectivity index (χ2n) is 7.77. The monoisotopic (exact) mass is 468 g/mol. The summed E-state index contributed by atoms with van der Waals surface area (Å²) in [7, 11) is 0. The molecule has 0 bridgehead atoms. The fourth-order valence-electron chi connectivity index (χ4n) is 3.76. The van der Waals surface area contributed by atoms with Crippen molar-refractivity contribution in [3.63, 3.8) is 0 Å². The minimum Gasteiger partial charge on any atom is -0.479 e. The van der Waals surface area contributed by atoms with Gasteiger partial charge in [-0.15, -0.1) is 0 Å². The molecule has 0 fully saturated rings. The van der Waals surface area contributed by atoms with Gasteiger partial charge in [0.2, 0.25) is 0 Å². The molecule has 0 atom stereocenters. The summed E-state index contributed by atoms with van der Waals surface area (Å²) in [5.41, 5.74) is 0.981. The van der Waals surface area contributed by atoms with E-state index in [1.165, 1.54) is 18.2 Å². The Hall–Kier alpha value is -4.92. The highest BCUT2D eigenvalue weighted by atomic mass is 16.6. The predicted octanol–water partition coefficient (Wildman–Crippen LogP) is 5.42. The molecule has 1 N–H and O–H groups in total. The van der Waals surface area contributed by atoms with E-state index in [-0.39, 0.29) is 23.8 Å². The van der Waals surface area contributed by atoms with Crippen LogP contribution < -0.4 is 10.1 Å². The second kappa shape index (κ2) is 9.52. The van der Waals surface area contributed by atoms with Gasteiger partial charge in [0.1, 0.15) is 12.4 Å². The number of nitro benzene ring substituents is 1. The maximum Gasteiger partial charge on any atom is 0.310 e. The summed E-state index contributed by atoms with van der Waals surface area (Å²) in [6.07, 6.45) is 1.80. The zero-order valence-electron chi connectivity index (χ0n) is 18.5. The summed E-state index contributed by atoms with van der Waals surface area (Å²) < 4.78 is 12.8. The van der Waals surface area contributed by atoms with E-state index < -0.39 is 10.8 Å². The molecule has 0 aliphatic heterocycles. The SMILES string of the molecule is O=C(Nc1ccn(Cc2cccc3ccccc23)n1)c1ccc(COc2ccccc2[N+](=O)[O-])o1. The zero-order valence-corrected chi connectivity index (χ0v) is 18.5. The van der Waals surface area contributed by atoms with Crippen molar-refractivity contribution in [1.29, 1.82) is 0 Å². The number of furan rings is 1. The average molecular weight is 468 g/mol. The fourth-order valence-corrected chi connectivity index (χ4v) is 3.76. The normalized spacial score (nSPS) is 10.9. The third kappa shape index (κ3) is 4.88. The van der Waals surface area contributed by atoms with E-state index in [1.54, 1.807) is 35.1 Å². The largest absolute Gasteiger partial charge is 0.479 e. The zero-order chi connectivity index (χ0) is 24.2. The van der Waals surface area contributed by atoms with E-state index in [0.717, 1.165) is 16.3 Å². The number of amides is 1. The topological polar surface area (TPSA) is 112 Å². The van der Waals surface area contributed by atoms with Gasteiger partial charge >= 0.3 is 5.69 Å². The lowest BCUT2D eigenvalue weighted by Crippen LogP contribution is -2.12. The molecule has 0 aliphatic carbocycles. The third-order valence-corrected chi connectivity index (χ3v) is 5.41. The first-order chi connectivity index (χ1) is 17.1. The smallest absolute Gasteiger partial charge is 0.310 e. The number of carbonyl (C=O) groups is 1. The molecular formula is C26H20N4O5. The van der Waals surface area contributed by atoms with E-state index in [1.807, 2.05) is 18.2 Å². The van der Waals surface area contributed by atoms with Crippen molar-refractivity contribution in [3.8, 4) is 5.75 Å². The van der Waals surface area contributed by atoms with Gasteiger partial charge in [0.05, 0.1) is 11.5 Å². The lowest BCUT2D eigenvalue weighted by atomic mass is 10.0. The Labute approximate surface area is 199 Å². The summed E-state index contributed by atoms with van der Waals surface area (Å²) in [4.78, 5) is 23.2. The Morgan fingerprint density at radius 2 is 1.80 bits per heavy atom. The molecule has 0 saturated heterocycles. The van der Waals surface area contributed by atoms with Crippen molar-refractivity contribution in [2.45, 2.75) is 13.2 Å². The van der Waals surface area contributed by atoms with Crippen LogP contribution in [0.2, 0.25) is 0 Å². The summed E-state index contributed by atoms with van der Waals surface area (Å²) in [6.45, 7) is 0.503. The van der Waals surface area contributed by atoms with Crippen molar-refractivity contribution in [2.24, 2.45) is 0 Å². The Morgan fingerprint density at radius 3 is 2.69 bits per heavy atom. The highest BCUT2D eigenvalue weighted by molar-refractivity contribution is 6.01. The standard InChI is InChI=1S/C26H20N4O5/c31-26(24-13-12-20(35-24)17-34-23-11-4-3-10-22(23)30(32)33)27-25-14-15-29(28-25)16-19-8-5-7-18-6-1-2-9-21(18)19/h1-15H,16-17H2,(H,27,28,31). The number of nitro groups is 1. The van der Waals surface area contributed by atoms with E-state index in [2.05, 4.69) is 34.7 Å². The van der Waals surface area contributed by atoms with E-state index in [0.29, 0.717) is 18.1 Å². The highest BCUT2D eigenvalue weighted by Gasteiger charge is 2.16. The highest BCUT2D eigenvalue weighted by Crippen LogP contribution is 2.27. The molecule has 3 aromatic carbocycles. The number of hydrogen-bond acceptors (Lipinski definition) is 6. The first-order valence-corrected chi connectivity index (χ1v) is 10.8. The van der Waals surface area contributed by atoms with E-state index in [4.69, 9.17) is 9.15 Å². The van der Waals surface area contributed by atoms with Gasteiger partial charge in [0.25, 0.3) is 5.91 Å². The average Bonchev–Trinajstić information content (AvgIpc) is 3.53. The number of para-hydroxylation sites is 2. The van der Waals surface area contributed by atoms with Crippen LogP contribution in [0, 0.1) is 10.1 Å². The van der Waals surface area contributed by atoms with Crippen molar-refractivity contribution < 1.29 is 18.9 Å². The number of nitrogens with one attached hydrogen (secondary N) is 1. The van der Waals surface area contributed by atoms with Gasteiger partial charge in [-0.25, -0.2) is 0 Å². The Morgan fingerprint density at radius 1 is 1.00 bits per heavy atom. The molecule has 9 nitrogen and oxygen atoms in total. The quantitative estimate of drug-likeness (QED) is 0.240. The Balaban J connectivity index is 1.22. The maximum absolute atomic E-state index is 12.6. The van der Waals surface area contributed by atoms with Gasteiger partial charge in [0.15, 0.2) is 17.3 Å². The molecule has 1 amide bonds. The summed E-state index contributed by atoms with van der Waals surface area (Å²) in [5.74, 6) is 0.489. The second-order valence-corrected chi connectivity index (χ2v) is 7.77. The van der Waals surface area contributed by atoms with E-state index in [9.17, 15) is 14.9 Å². The number of fused-ring (bicyclic) bond motifs is 1. The molecule has 0 aliphatic rings. The van der Waals surface area contributed by atoms with Crippen molar-refractivity contribution in [2.75, 3.05) is 5.32 Å². The molecule has 0 spiro atoms. The molecule has 9 heteroatoms. The lowest BCUT2D eigenvalue weighted by molar-refractivity contribution is -0.386. The molecule has 5 rings (SSSR count). The molecule has 5 aromatic rings. The van der Waals surface area contributed by atoms with Crippen LogP contribution in [0.15, 0.2) is 95.5 Å². The van der Waals surface area contributed by atoms with Crippen LogP contribution in [0.3, 0.4) is 0 Å². The van der Waals surface area contributed by atoms with Crippen LogP contribution >= 0.6 is 0 Å². The minimum atomic E-state index is -0.518. The number of aromatic nitrogens is 2. The maximum atomic E-state index is 12.6. The molecule has 0 saturated carbocycles. The minimum absolute atomic E-state index is 0.0577. The summed E-state index contributed by atoms with van der Waals surface area (Å²) >= 11 is 0. The summed E-state index contributed by atoms with van der Waals surface area (Å²) in [5, 5.41) is 20.6. The van der Waals surface area contributed by atoms with Crippen LogP contribution in [0.1, 0.15) is 21.9 Å². The van der Waals surface area contributed by atoms with E-state index >= 15 is 0 Å². The molecule has 2 aromatic heterocycles. The van der Waals surface area contributed by atoms with Gasteiger partial charge in [-0.3, -0.25) is 19.6 Å². The first kappa shape index (κ1) is 21.9. The van der Waals surface area contributed by atoms with Crippen molar-refractivity contribution in [1.82, 2.24) is 9.78 Å². The Bertz CT molecular complexity index is 1520. The van der Waals surface area contributed by atoms with Crippen LogP contribution in [0.4, 0.5) is 11.5 Å². The Kier molecular flexibility index (Phi) is 5.96. The molecule has 0 radical (unpaired) electrons. The fraction of sp³-hybridized carbons (Fsp3) is 0.0769. The van der Waals surface area contributed by atoms with Crippen LogP contribution in [0.25, 0.3) is 10.8 Å². The van der Waals surface area contributed by atoms with Crippen LogP contribution in [-0.4, -0.2) is 20.6 Å². The van der Waals surface area contributed by atoms with Gasteiger partial charge < -0.3 is 14.5 Å². The number of hydrogen-bond donors (Lipinski definition) is 1. The van der Waals surface area contributed by atoms with Gasteiger partial charge in [-0.05, 0) is 34.5 Å². The van der Waals surface area contributed by atoms with Crippen molar-refractivity contribution in [3.05, 3.63) is 118 Å². The molecule has 35 heavy (non-hydrogen) atoms. The number of nitrogens with zero attached hydrogens (tertiary/aromatic N) is 3. The number of anilines is 1. The third-order valence-electron chi connectivity index (χ3n) is 5.41. The van der Waals surface area contributed by atoms with Crippen LogP contribution in [0.5, 0.6) is 5.75 Å². The van der Waals surface area contributed by atoms with Gasteiger partial charge in [-0.1, -0.05) is 54.6 Å². The summed E-state index contributed by atoms with van der Waals surface area (Å²) in [6, 6.07) is 25.2. The number of benzene rings is 3. The van der Waals surface area contributed by atoms with Crippen molar-refractivity contribution >= 4 is 28.2 Å². The number of carbonyl (C=O) groups excluding carboxylic acids is 1. The molecular weight excluding hydrogens is 448 g/mol. The predicted molar refractivity (Wildman–Crippen MR) is 129 cm³/mol. The molecule has 174 valence electrons. The van der Waals surface area contributed by atoms with Crippen LogP contribution in [-0.2, 0) is 13.2 Å². The van der Waals surface area contributed by atoms with Gasteiger partial charge in [-0.2, -0.15) is 5.10 Å². The number of ether oxygens (including phenoxy) is 1. The first-order valence-electron chi connectivity index (χ1n) is 10.8. The van der Waals surface area contributed by atoms with Gasteiger partial charge in [0, 0.05) is 18.3 Å². The number of rotatable bonds is 8. The molecule has 2 heterocycles. The lowest BCUT2D eigenvalue weighted by Gasteiger charge is -2.07.